The van der Waals surface area contributed by atoms with Crippen molar-refractivity contribution >= 4 is 52.8 Å². The molecule has 3 fully saturated rings. The highest BCUT2D eigenvalue weighted by Gasteiger charge is 2.34. The standard InChI is InChI=1S/C40H48BN8O7/c1-26-19-27-20-30-23-48(43-35(26)30)24-55-38(52)41-39(53)56-25-49-34-6-4-3-5-29(34)22-32(36(49)50)28-7-11-47(12-8-28)40(54)42-33(21-27)37(51)46-13-9-31(10-14-46)45-17-15-44(2)16-18-45/h3-6,19-20,22-23,28,31,33H,7-18,21,24-25H2,1-2H3,(H,42,54)/t33-/m1/s1. The van der Waals surface area contributed by atoms with Gasteiger partial charge in [0.1, 0.15) is 6.04 Å². The van der Waals surface area contributed by atoms with Crippen molar-refractivity contribution in [2.45, 2.75) is 70.5 Å². The van der Waals surface area contributed by atoms with E-state index in [2.05, 4.69) is 27.3 Å². The molecule has 1 N–H and O–H groups in total. The zero-order chi connectivity index (χ0) is 38.9. The number of hydrogen-bond acceptors (Lipinski definition) is 10. The maximum atomic E-state index is 14.4. The summed E-state index contributed by atoms with van der Waals surface area (Å²) in [6.07, 6.45) is 4.89. The fraction of sp³-hybridized carbons (Fsp3) is 0.500. The molecule has 1 radical (unpaired) electrons. The molecule has 7 heterocycles. The van der Waals surface area contributed by atoms with Crippen LogP contribution in [0.5, 0.6) is 0 Å². The number of rotatable bonds is 2. The van der Waals surface area contributed by atoms with E-state index in [0.717, 1.165) is 60.9 Å². The molecule has 2 aromatic carbocycles. The summed E-state index contributed by atoms with van der Waals surface area (Å²) in [6.45, 7) is 7.51. The average molecular weight is 764 g/mol. The summed E-state index contributed by atoms with van der Waals surface area (Å²) in [4.78, 5) is 76.2. The van der Waals surface area contributed by atoms with Gasteiger partial charge in [0, 0.05) is 82.0 Å². The Hall–Kier alpha value is -5.22. The van der Waals surface area contributed by atoms with E-state index in [1.165, 1.54) is 9.25 Å². The Morgan fingerprint density at radius 3 is 2.30 bits per heavy atom. The molecule has 15 nitrogen and oxygen atoms in total. The predicted octanol–water partition coefficient (Wildman–Crippen LogP) is 3.30. The van der Waals surface area contributed by atoms with Gasteiger partial charge in [0.25, 0.3) is 17.3 Å². The Morgan fingerprint density at radius 2 is 1.55 bits per heavy atom. The SMILES string of the molecule is Cc1cc2cc3cn(nc13)COC(=O)[B]C(=O)OCn1c(=O)c(cc3ccccc31)C1CCN(CC1)C(=O)N[C@@H](C(=O)N1CCC(N3CCN(C)CC3)CC1)C2. The first-order valence-corrected chi connectivity index (χ1v) is 19.6. The molecule has 0 unspecified atom stereocenters. The Kier molecular flexibility index (Phi) is 10.8. The van der Waals surface area contributed by atoms with E-state index in [-0.39, 0.29) is 36.6 Å². The number of aromatic nitrogens is 3. The van der Waals surface area contributed by atoms with Gasteiger partial charge in [0.2, 0.25) is 5.91 Å². The van der Waals surface area contributed by atoms with Crippen molar-refractivity contribution in [3.8, 4) is 0 Å². The smallest absolute Gasteiger partial charge is 0.405 e. The lowest BCUT2D eigenvalue weighted by molar-refractivity contribution is -0.135. The first kappa shape index (κ1) is 37.7. The lowest BCUT2D eigenvalue weighted by Gasteiger charge is -2.42. The van der Waals surface area contributed by atoms with Crippen molar-refractivity contribution in [2.24, 2.45) is 0 Å². The fourth-order valence-corrected chi connectivity index (χ4v) is 8.76. The highest BCUT2D eigenvalue weighted by molar-refractivity contribution is 6.94. The predicted molar refractivity (Wildman–Crippen MR) is 210 cm³/mol. The number of urea groups is 1. The van der Waals surface area contributed by atoms with Crippen molar-refractivity contribution in [3.05, 3.63) is 75.7 Å². The first-order chi connectivity index (χ1) is 27.1. The molecule has 293 valence electrons. The fourth-order valence-electron chi connectivity index (χ4n) is 8.76. The molecule has 3 amide bonds. The van der Waals surface area contributed by atoms with Crippen LogP contribution in [0.1, 0.15) is 48.3 Å². The van der Waals surface area contributed by atoms with Crippen LogP contribution in [0.2, 0.25) is 0 Å². The van der Waals surface area contributed by atoms with Gasteiger partial charge in [-0.15, -0.1) is 0 Å². The Labute approximate surface area is 325 Å². The lowest BCUT2D eigenvalue weighted by Crippen LogP contribution is -2.57. The summed E-state index contributed by atoms with van der Waals surface area (Å²) in [6, 6.07) is 12.5. The number of hydrogen-bond donors (Lipinski definition) is 1. The van der Waals surface area contributed by atoms with Crippen LogP contribution in [0.15, 0.2) is 53.5 Å². The molecule has 4 aromatic rings. The highest BCUT2D eigenvalue weighted by Crippen LogP contribution is 2.29. The van der Waals surface area contributed by atoms with Crippen molar-refractivity contribution in [3.63, 3.8) is 0 Å². The highest BCUT2D eigenvalue weighted by atomic mass is 16.6. The summed E-state index contributed by atoms with van der Waals surface area (Å²) >= 11 is 0. The van der Waals surface area contributed by atoms with Crippen molar-refractivity contribution in [2.75, 3.05) is 59.4 Å². The number of para-hydroxylation sites is 1. The molecule has 56 heavy (non-hydrogen) atoms. The average Bonchev–Trinajstić information content (AvgIpc) is 3.63. The number of nitrogens with one attached hydrogen (secondary N) is 1. The second kappa shape index (κ2) is 16.1. The molecule has 5 aliphatic rings. The van der Waals surface area contributed by atoms with Gasteiger partial charge >= 0.3 is 13.3 Å². The number of amides is 3. The third-order valence-electron chi connectivity index (χ3n) is 11.9. The van der Waals surface area contributed by atoms with Crippen LogP contribution < -0.4 is 10.9 Å². The number of aryl methyl sites for hydroxylation is 1. The van der Waals surface area contributed by atoms with Crippen molar-refractivity contribution in [1.29, 1.82) is 0 Å². The van der Waals surface area contributed by atoms with Crippen LogP contribution in [0.3, 0.4) is 0 Å². The summed E-state index contributed by atoms with van der Waals surface area (Å²) in [7, 11) is 2.87. The monoisotopic (exact) mass is 763 g/mol. The van der Waals surface area contributed by atoms with Gasteiger partial charge in [0.15, 0.2) is 13.5 Å². The molecule has 16 heteroatoms. The number of fused-ring (bicyclic) bond motifs is 12. The number of pyridine rings is 1. The van der Waals surface area contributed by atoms with Gasteiger partial charge in [0.05, 0.1) is 11.0 Å². The number of piperidine rings is 2. The number of ether oxygens (including phenoxy) is 2. The Bertz CT molecular complexity index is 2200. The summed E-state index contributed by atoms with van der Waals surface area (Å²) < 4.78 is 13.6. The van der Waals surface area contributed by atoms with E-state index in [9.17, 15) is 24.0 Å². The number of piperazine rings is 1. The molecular formula is C40H48BN8O7. The number of likely N-dealkylation sites (N-methyl/N-ethyl adjacent to an activating group) is 1. The number of nitrogens with zero attached hydrogens (tertiary/aromatic N) is 7. The zero-order valence-corrected chi connectivity index (χ0v) is 32.0. The minimum atomic E-state index is -0.941. The molecular weight excluding hydrogens is 715 g/mol. The van der Waals surface area contributed by atoms with E-state index in [1.54, 1.807) is 23.2 Å². The third-order valence-corrected chi connectivity index (χ3v) is 11.9. The van der Waals surface area contributed by atoms with Gasteiger partial charge in [-0.3, -0.25) is 28.6 Å². The van der Waals surface area contributed by atoms with Crippen molar-refractivity contribution < 1.29 is 28.7 Å². The second-order valence-electron chi connectivity index (χ2n) is 15.6. The van der Waals surface area contributed by atoms with Crippen LogP contribution in [0.4, 0.5) is 14.4 Å². The summed E-state index contributed by atoms with van der Waals surface area (Å²) in [5, 5.41) is 9.29. The molecule has 0 saturated carbocycles. The molecule has 9 rings (SSSR count). The van der Waals surface area contributed by atoms with Crippen LogP contribution in [-0.2, 0) is 34.2 Å². The minimum Gasteiger partial charge on any atom is -0.452 e. The van der Waals surface area contributed by atoms with Crippen LogP contribution >= 0.6 is 0 Å². The van der Waals surface area contributed by atoms with E-state index in [0.29, 0.717) is 68.9 Å². The van der Waals surface area contributed by atoms with E-state index in [4.69, 9.17) is 9.47 Å². The maximum Gasteiger partial charge on any atom is 0.405 e. The number of likely N-dealkylation sites (tertiary alicyclic amines) is 1. The number of carbonyl (C=O) groups is 4. The molecule has 2 aromatic heterocycles. The first-order valence-electron chi connectivity index (χ1n) is 19.6. The minimum absolute atomic E-state index is 0.0966. The van der Waals surface area contributed by atoms with E-state index in [1.807, 2.05) is 42.2 Å². The zero-order valence-electron chi connectivity index (χ0n) is 32.0. The van der Waals surface area contributed by atoms with Crippen LogP contribution in [-0.4, -0.2) is 136 Å². The maximum absolute atomic E-state index is 14.4. The quantitative estimate of drug-likeness (QED) is 0.302. The summed E-state index contributed by atoms with van der Waals surface area (Å²) in [5.74, 6) is -2.09. The second-order valence-corrected chi connectivity index (χ2v) is 15.6. The molecule has 0 spiro atoms. The van der Waals surface area contributed by atoms with Gasteiger partial charge in [-0.25, -0.2) is 9.48 Å². The Balaban J connectivity index is 1.06. The van der Waals surface area contributed by atoms with Gasteiger partial charge in [-0.1, -0.05) is 24.3 Å². The van der Waals surface area contributed by atoms with Crippen LogP contribution in [0.25, 0.3) is 21.8 Å². The van der Waals surface area contributed by atoms with Gasteiger partial charge < -0.3 is 29.5 Å². The normalized spacial score (nSPS) is 22.6. The van der Waals surface area contributed by atoms with E-state index < -0.39 is 24.5 Å². The molecule has 1 atom stereocenters. The Morgan fingerprint density at radius 1 is 0.839 bits per heavy atom. The number of carbonyl (C=O) groups excluding carboxylic acids is 4. The number of benzene rings is 2. The third kappa shape index (κ3) is 8.03. The molecule has 5 aliphatic heterocycles. The van der Waals surface area contributed by atoms with Crippen molar-refractivity contribution in [1.82, 2.24) is 39.3 Å². The topological polar surface area (TPSA) is 152 Å². The summed E-state index contributed by atoms with van der Waals surface area (Å²) in [5.41, 5.74) is 3.28. The van der Waals surface area contributed by atoms with Gasteiger partial charge in [-0.05, 0) is 80.3 Å². The lowest BCUT2D eigenvalue weighted by atomic mass is 9.79. The van der Waals surface area contributed by atoms with Crippen LogP contribution in [0, 0.1) is 6.92 Å². The molecule has 7 bridgehead atoms. The molecule has 3 saturated heterocycles. The van der Waals surface area contributed by atoms with E-state index >= 15 is 0 Å². The van der Waals surface area contributed by atoms with Gasteiger partial charge in [-0.2, -0.15) is 5.10 Å². The largest absolute Gasteiger partial charge is 0.452 e. The molecule has 0 aliphatic carbocycles.